The van der Waals surface area contributed by atoms with E-state index in [0.29, 0.717) is 23.7 Å². The molecule has 0 spiro atoms. The van der Waals surface area contributed by atoms with Crippen LogP contribution in [0.4, 0.5) is 0 Å². The van der Waals surface area contributed by atoms with Crippen molar-refractivity contribution in [3.05, 3.63) is 46.2 Å². The van der Waals surface area contributed by atoms with Gasteiger partial charge in [0, 0.05) is 24.7 Å². The summed E-state index contributed by atoms with van der Waals surface area (Å²) < 4.78 is 0. The Bertz CT molecular complexity index is 645. The van der Waals surface area contributed by atoms with Crippen LogP contribution in [0, 0.1) is 0 Å². The summed E-state index contributed by atoms with van der Waals surface area (Å²) >= 11 is 6.22. The number of ketones is 1. The summed E-state index contributed by atoms with van der Waals surface area (Å²) in [6.07, 6.45) is 0. The maximum absolute atomic E-state index is 12.3. The molecule has 7 heteroatoms. The Morgan fingerprint density at radius 1 is 1.35 bits per heavy atom. The van der Waals surface area contributed by atoms with Gasteiger partial charge in [-0.3, -0.25) is 9.59 Å². The molecule has 0 saturated carbocycles. The number of aliphatic hydroxyl groups is 2. The molecule has 1 heterocycles. The van der Waals surface area contributed by atoms with Gasteiger partial charge in [-0.15, -0.1) is 0 Å². The van der Waals surface area contributed by atoms with E-state index in [-0.39, 0.29) is 24.5 Å². The van der Waals surface area contributed by atoms with Gasteiger partial charge >= 0.3 is 0 Å². The van der Waals surface area contributed by atoms with E-state index in [1.54, 1.807) is 24.3 Å². The maximum atomic E-state index is 12.3. The summed E-state index contributed by atoms with van der Waals surface area (Å²) in [5.41, 5.74) is 0.657. The lowest BCUT2D eigenvalue weighted by Crippen LogP contribution is -2.37. The fourth-order valence-corrected chi connectivity index (χ4v) is 2.91. The van der Waals surface area contributed by atoms with Crippen LogP contribution in [-0.4, -0.2) is 53.0 Å². The van der Waals surface area contributed by atoms with Gasteiger partial charge in [0.1, 0.15) is 0 Å². The van der Waals surface area contributed by atoms with Gasteiger partial charge in [0.05, 0.1) is 18.2 Å². The van der Waals surface area contributed by atoms with Crippen LogP contribution in [0.2, 0.25) is 5.02 Å². The SMILES string of the molecule is CC(=O)C1=C(O)C(=O)N(CCNCCO)C1c1ccccc1Cl. The Kier molecular flexibility index (Phi) is 5.76. The molecule has 23 heavy (non-hydrogen) atoms. The standard InChI is InChI=1S/C16H19ClN2O4/c1-10(21)13-14(11-4-2-3-5-12(11)17)19(16(23)15(13)22)8-6-18-7-9-20/h2-5,14,18,20,22H,6-9H2,1H3. The number of hydrogen-bond donors (Lipinski definition) is 3. The third-order valence-corrected chi connectivity index (χ3v) is 4.05. The molecule has 0 saturated heterocycles. The average Bonchev–Trinajstić information content (AvgIpc) is 2.76. The van der Waals surface area contributed by atoms with E-state index < -0.39 is 17.7 Å². The van der Waals surface area contributed by atoms with Gasteiger partial charge in [-0.25, -0.2) is 0 Å². The predicted octanol–water partition coefficient (Wildman–Crippen LogP) is 1.21. The molecule has 0 radical (unpaired) electrons. The molecular weight excluding hydrogens is 320 g/mol. The van der Waals surface area contributed by atoms with Crippen molar-refractivity contribution in [2.75, 3.05) is 26.2 Å². The lowest BCUT2D eigenvalue weighted by atomic mass is 9.97. The van der Waals surface area contributed by atoms with E-state index in [9.17, 15) is 14.7 Å². The number of carbonyl (C=O) groups is 2. The van der Waals surface area contributed by atoms with Crippen molar-refractivity contribution in [1.82, 2.24) is 10.2 Å². The zero-order valence-corrected chi connectivity index (χ0v) is 13.5. The van der Waals surface area contributed by atoms with Crippen LogP contribution < -0.4 is 5.32 Å². The van der Waals surface area contributed by atoms with Crippen molar-refractivity contribution in [2.45, 2.75) is 13.0 Å². The molecule has 6 nitrogen and oxygen atoms in total. The topological polar surface area (TPSA) is 89.9 Å². The van der Waals surface area contributed by atoms with Gasteiger partial charge in [0.15, 0.2) is 11.5 Å². The molecule has 1 amide bonds. The highest BCUT2D eigenvalue weighted by Crippen LogP contribution is 2.39. The minimum Gasteiger partial charge on any atom is -0.503 e. The van der Waals surface area contributed by atoms with E-state index in [1.165, 1.54) is 11.8 Å². The van der Waals surface area contributed by atoms with E-state index in [4.69, 9.17) is 16.7 Å². The van der Waals surface area contributed by atoms with E-state index in [2.05, 4.69) is 5.32 Å². The first-order valence-electron chi connectivity index (χ1n) is 7.30. The van der Waals surface area contributed by atoms with Gasteiger partial charge in [-0.05, 0) is 18.6 Å². The van der Waals surface area contributed by atoms with Gasteiger partial charge in [-0.1, -0.05) is 29.8 Å². The first kappa shape index (κ1) is 17.5. The van der Waals surface area contributed by atoms with Crippen LogP contribution in [0.25, 0.3) is 0 Å². The fraction of sp³-hybridized carbons (Fsp3) is 0.375. The Hall–Kier alpha value is -1.89. The molecule has 3 N–H and O–H groups in total. The number of amides is 1. The van der Waals surface area contributed by atoms with E-state index in [0.717, 1.165) is 0 Å². The predicted molar refractivity (Wildman–Crippen MR) is 86.2 cm³/mol. The van der Waals surface area contributed by atoms with Crippen molar-refractivity contribution in [1.29, 1.82) is 0 Å². The number of hydrogen-bond acceptors (Lipinski definition) is 5. The smallest absolute Gasteiger partial charge is 0.290 e. The third-order valence-electron chi connectivity index (χ3n) is 3.70. The number of nitrogens with zero attached hydrogens (tertiary/aromatic N) is 1. The zero-order valence-electron chi connectivity index (χ0n) is 12.8. The molecule has 1 aliphatic heterocycles. The fourth-order valence-electron chi connectivity index (χ4n) is 2.67. The molecule has 0 aliphatic carbocycles. The summed E-state index contributed by atoms with van der Waals surface area (Å²) in [7, 11) is 0. The number of aliphatic hydroxyl groups excluding tert-OH is 2. The molecule has 1 atom stereocenters. The average molecular weight is 339 g/mol. The molecule has 1 aliphatic rings. The monoisotopic (exact) mass is 338 g/mol. The van der Waals surface area contributed by atoms with Crippen LogP contribution in [0.3, 0.4) is 0 Å². The molecule has 2 rings (SSSR count). The highest BCUT2D eigenvalue weighted by molar-refractivity contribution is 6.31. The number of rotatable bonds is 7. The van der Waals surface area contributed by atoms with Crippen LogP contribution in [0.1, 0.15) is 18.5 Å². The second kappa shape index (κ2) is 7.59. The quantitative estimate of drug-likeness (QED) is 0.650. The Morgan fingerprint density at radius 3 is 2.65 bits per heavy atom. The lowest BCUT2D eigenvalue weighted by Gasteiger charge is -2.27. The van der Waals surface area contributed by atoms with Crippen molar-refractivity contribution >= 4 is 23.3 Å². The summed E-state index contributed by atoms with van der Waals surface area (Å²) in [5, 5.41) is 22.3. The summed E-state index contributed by atoms with van der Waals surface area (Å²) in [4.78, 5) is 25.7. The summed E-state index contributed by atoms with van der Waals surface area (Å²) in [6.45, 7) is 2.40. The highest BCUT2D eigenvalue weighted by Gasteiger charge is 2.42. The number of carbonyl (C=O) groups excluding carboxylic acids is 2. The van der Waals surface area contributed by atoms with Crippen molar-refractivity contribution < 1.29 is 19.8 Å². The Morgan fingerprint density at radius 2 is 2.04 bits per heavy atom. The maximum Gasteiger partial charge on any atom is 0.290 e. The minimum atomic E-state index is -0.704. The van der Waals surface area contributed by atoms with Gasteiger partial charge in [-0.2, -0.15) is 0 Å². The minimum absolute atomic E-state index is 0.00984. The summed E-state index contributed by atoms with van der Waals surface area (Å²) in [6, 6.07) is 6.23. The van der Waals surface area contributed by atoms with Crippen molar-refractivity contribution in [3.63, 3.8) is 0 Å². The molecule has 0 aromatic heterocycles. The third kappa shape index (κ3) is 3.55. The zero-order chi connectivity index (χ0) is 17.0. The van der Waals surface area contributed by atoms with Crippen molar-refractivity contribution in [3.8, 4) is 0 Å². The first-order valence-corrected chi connectivity index (χ1v) is 7.67. The van der Waals surface area contributed by atoms with Crippen LogP contribution in [0.15, 0.2) is 35.6 Å². The molecule has 1 aromatic carbocycles. The molecule has 1 unspecified atom stereocenters. The summed E-state index contributed by atoms with van der Waals surface area (Å²) in [5.74, 6) is -1.48. The van der Waals surface area contributed by atoms with E-state index in [1.807, 2.05) is 0 Å². The van der Waals surface area contributed by atoms with Crippen LogP contribution in [0.5, 0.6) is 0 Å². The Balaban J connectivity index is 2.35. The molecule has 0 bridgehead atoms. The van der Waals surface area contributed by atoms with Gasteiger partial charge < -0.3 is 20.4 Å². The van der Waals surface area contributed by atoms with Gasteiger partial charge in [0.2, 0.25) is 0 Å². The van der Waals surface area contributed by atoms with Gasteiger partial charge in [0.25, 0.3) is 5.91 Å². The molecule has 0 fully saturated rings. The van der Waals surface area contributed by atoms with Crippen LogP contribution in [-0.2, 0) is 9.59 Å². The number of benzene rings is 1. The second-order valence-electron chi connectivity index (χ2n) is 5.21. The number of halogens is 1. The molecular formula is C16H19ClN2O4. The van der Waals surface area contributed by atoms with E-state index >= 15 is 0 Å². The molecule has 124 valence electrons. The first-order chi connectivity index (χ1) is 11.0. The lowest BCUT2D eigenvalue weighted by molar-refractivity contribution is -0.129. The van der Waals surface area contributed by atoms with Crippen LogP contribution >= 0.6 is 11.6 Å². The van der Waals surface area contributed by atoms with Crippen molar-refractivity contribution in [2.24, 2.45) is 0 Å². The normalized spacial score (nSPS) is 18.0. The largest absolute Gasteiger partial charge is 0.503 e. The Labute approximate surface area is 139 Å². The second-order valence-corrected chi connectivity index (χ2v) is 5.62. The molecule has 1 aromatic rings. The number of nitrogens with one attached hydrogen (secondary N) is 1. The number of Topliss-reactive ketones (excluding diaryl/α,β-unsaturated/α-hetero) is 1. The highest BCUT2D eigenvalue weighted by atomic mass is 35.5.